The van der Waals surface area contributed by atoms with Crippen molar-refractivity contribution < 1.29 is 4.74 Å². The van der Waals surface area contributed by atoms with Gasteiger partial charge in [-0.05, 0) is 44.4 Å². The Bertz CT molecular complexity index is 461. The maximum Gasteiger partial charge on any atom is 0.125 e. The van der Waals surface area contributed by atoms with Crippen molar-refractivity contribution in [2.45, 2.75) is 43.8 Å². The molecule has 0 spiro atoms. The Kier molecular flexibility index (Phi) is 3.70. The third-order valence-corrected chi connectivity index (χ3v) is 4.59. The smallest absolute Gasteiger partial charge is 0.125 e. The summed E-state index contributed by atoms with van der Waals surface area (Å²) in [6.45, 7) is 1.12. The molecular formula is C15H21ClN2O. The van der Waals surface area contributed by atoms with Crippen LogP contribution in [0.5, 0.6) is 5.75 Å². The summed E-state index contributed by atoms with van der Waals surface area (Å²) in [6.07, 6.45) is 4.81. The largest absolute Gasteiger partial charge is 0.496 e. The van der Waals surface area contributed by atoms with E-state index >= 15 is 0 Å². The molecule has 1 aromatic rings. The lowest BCUT2D eigenvalue weighted by atomic mass is 9.90. The van der Waals surface area contributed by atoms with Gasteiger partial charge in [0.2, 0.25) is 0 Å². The molecule has 1 saturated carbocycles. The predicted molar refractivity (Wildman–Crippen MR) is 77.7 cm³/mol. The maximum absolute atomic E-state index is 6.43. The lowest BCUT2D eigenvalue weighted by Crippen LogP contribution is -2.47. The van der Waals surface area contributed by atoms with Crippen molar-refractivity contribution >= 4 is 11.6 Å². The number of nitrogens with two attached hydrogens (primary N) is 1. The number of hydrogen-bond donors (Lipinski definition) is 1. The molecule has 104 valence electrons. The highest BCUT2D eigenvalue weighted by molar-refractivity contribution is 6.31. The van der Waals surface area contributed by atoms with Crippen LogP contribution in [-0.2, 0) is 0 Å². The number of hydrogen-bond acceptors (Lipinski definition) is 3. The van der Waals surface area contributed by atoms with E-state index in [-0.39, 0.29) is 12.1 Å². The van der Waals surface area contributed by atoms with Gasteiger partial charge in [0, 0.05) is 22.7 Å². The molecule has 3 nitrogen and oxygen atoms in total. The first-order chi connectivity index (χ1) is 9.22. The first kappa shape index (κ1) is 13.2. The van der Waals surface area contributed by atoms with Crippen LogP contribution < -0.4 is 10.5 Å². The van der Waals surface area contributed by atoms with Crippen LogP contribution in [0.15, 0.2) is 18.2 Å². The van der Waals surface area contributed by atoms with Crippen LogP contribution in [0.25, 0.3) is 0 Å². The van der Waals surface area contributed by atoms with Gasteiger partial charge >= 0.3 is 0 Å². The predicted octanol–water partition coefficient (Wildman–Crippen LogP) is 2.98. The summed E-state index contributed by atoms with van der Waals surface area (Å²) in [5.41, 5.74) is 7.48. The Morgan fingerprint density at radius 1 is 1.32 bits per heavy atom. The minimum Gasteiger partial charge on any atom is -0.496 e. The third-order valence-electron chi connectivity index (χ3n) is 4.26. The number of halogens is 1. The summed E-state index contributed by atoms with van der Waals surface area (Å²) in [7, 11) is 1.70. The van der Waals surface area contributed by atoms with E-state index in [1.165, 1.54) is 19.3 Å². The molecule has 1 saturated heterocycles. The van der Waals surface area contributed by atoms with Crippen molar-refractivity contribution in [3.8, 4) is 5.75 Å². The summed E-state index contributed by atoms with van der Waals surface area (Å²) in [4.78, 5) is 2.54. The van der Waals surface area contributed by atoms with Gasteiger partial charge in [0.15, 0.2) is 0 Å². The molecule has 0 bridgehead atoms. The fourth-order valence-electron chi connectivity index (χ4n) is 3.23. The van der Waals surface area contributed by atoms with E-state index in [0.717, 1.165) is 29.3 Å². The lowest BCUT2D eigenvalue weighted by molar-refractivity contribution is 0.117. The molecule has 19 heavy (non-hydrogen) atoms. The van der Waals surface area contributed by atoms with Crippen molar-refractivity contribution in [3.63, 3.8) is 0 Å². The zero-order valence-electron chi connectivity index (χ0n) is 11.3. The number of ether oxygens (including phenoxy) is 1. The monoisotopic (exact) mass is 280 g/mol. The highest BCUT2D eigenvalue weighted by Crippen LogP contribution is 2.44. The van der Waals surface area contributed by atoms with E-state index in [4.69, 9.17) is 22.1 Å². The lowest BCUT2D eigenvalue weighted by Gasteiger charge is -2.41. The summed E-state index contributed by atoms with van der Waals surface area (Å²) >= 11 is 6.43. The molecule has 1 heterocycles. The van der Waals surface area contributed by atoms with E-state index < -0.39 is 0 Å². The zero-order chi connectivity index (χ0) is 13.4. The molecule has 1 aliphatic heterocycles. The van der Waals surface area contributed by atoms with Gasteiger partial charge < -0.3 is 10.5 Å². The molecule has 0 aromatic heterocycles. The molecule has 1 aromatic carbocycles. The van der Waals surface area contributed by atoms with Gasteiger partial charge in [0.05, 0.1) is 13.2 Å². The van der Waals surface area contributed by atoms with Gasteiger partial charge in [0.25, 0.3) is 0 Å². The van der Waals surface area contributed by atoms with E-state index in [1.807, 2.05) is 18.2 Å². The summed E-state index contributed by atoms with van der Waals surface area (Å²) in [5, 5.41) is 0.771. The van der Waals surface area contributed by atoms with Crippen molar-refractivity contribution in [1.29, 1.82) is 0 Å². The summed E-state index contributed by atoms with van der Waals surface area (Å²) < 4.78 is 5.51. The van der Waals surface area contributed by atoms with Crippen molar-refractivity contribution in [3.05, 3.63) is 28.8 Å². The van der Waals surface area contributed by atoms with E-state index in [0.29, 0.717) is 6.04 Å². The molecule has 1 aliphatic carbocycles. The Morgan fingerprint density at radius 3 is 2.79 bits per heavy atom. The van der Waals surface area contributed by atoms with E-state index in [1.54, 1.807) is 7.11 Å². The van der Waals surface area contributed by atoms with Crippen LogP contribution in [-0.4, -0.2) is 30.6 Å². The van der Waals surface area contributed by atoms with E-state index in [9.17, 15) is 0 Å². The molecule has 0 amide bonds. The van der Waals surface area contributed by atoms with Gasteiger partial charge in [-0.3, -0.25) is 4.90 Å². The van der Waals surface area contributed by atoms with Crippen LogP contribution in [0.1, 0.15) is 37.3 Å². The molecule has 2 unspecified atom stereocenters. The summed E-state index contributed by atoms with van der Waals surface area (Å²) in [5.74, 6) is 0.862. The highest BCUT2D eigenvalue weighted by atomic mass is 35.5. The molecular weight excluding hydrogens is 260 g/mol. The minimum absolute atomic E-state index is 0.142. The van der Waals surface area contributed by atoms with Gasteiger partial charge in [-0.1, -0.05) is 17.7 Å². The van der Waals surface area contributed by atoms with Crippen LogP contribution in [0.2, 0.25) is 5.02 Å². The molecule has 2 aliphatic rings. The van der Waals surface area contributed by atoms with Crippen LogP contribution in [0.3, 0.4) is 0 Å². The number of nitrogens with zero attached hydrogens (tertiary/aromatic N) is 1. The molecule has 3 rings (SSSR count). The average Bonchev–Trinajstić information content (AvgIpc) is 3.23. The van der Waals surface area contributed by atoms with Gasteiger partial charge in [-0.2, -0.15) is 0 Å². The maximum atomic E-state index is 6.43. The average molecular weight is 281 g/mol. The standard InChI is InChI=1S/C15H21ClN2O/c1-19-13-6-2-4-11(16)14(13)15-12(17)5-3-9-18(15)10-7-8-10/h2,4,6,10,12,15H,3,5,7-9,17H2,1H3. The SMILES string of the molecule is COc1cccc(Cl)c1C1C(N)CCCN1C1CC1. The van der Waals surface area contributed by atoms with Gasteiger partial charge in [-0.25, -0.2) is 0 Å². The van der Waals surface area contributed by atoms with Crippen molar-refractivity contribution in [1.82, 2.24) is 4.90 Å². The fraction of sp³-hybridized carbons (Fsp3) is 0.600. The van der Waals surface area contributed by atoms with Crippen molar-refractivity contribution in [2.24, 2.45) is 5.73 Å². The number of likely N-dealkylation sites (tertiary alicyclic amines) is 1. The van der Waals surface area contributed by atoms with Crippen LogP contribution in [0.4, 0.5) is 0 Å². The van der Waals surface area contributed by atoms with Crippen LogP contribution >= 0.6 is 11.6 Å². The van der Waals surface area contributed by atoms with E-state index in [2.05, 4.69) is 4.90 Å². The second-order valence-electron chi connectivity index (χ2n) is 5.58. The van der Waals surface area contributed by atoms with Gasteiger partial charge in [0.1, 0.15) is 5.75 Å². The Hall–Kier alpha value is -0.770. The van der Waals surface area contributed by atoms with Gasteiger partial charge in [-0.15, -0.1) is 0 Å². The molecule has 4 heteroatoms. The first-order valence-corrected chi connectivity index (χ1v) is 7.44. The number of benzene rings is 1. The Balaban J connectivity index is 2.01. The topological polar surface area (TPSA) is 38.5 Å². The molecule has 2 N–H and O–H groups in total. The molecule has 2 fully saturated rings. The quantitative estimate of drug-likeness (QED) is 0.925. The normalized spacial score (nSPS) is 28.4. The summed E-state index contributed by atoms with van der Waals surface area (Å²) in [6, 6.07) is 6.88. The van der Waals surface area contributed by atoms with Crippen LogP contribution in [0, 0.1) is 0 Å². The fourth-order valence-corrected chi connectivity index (χ4v) is 3.51. The number of rotatable bonds is 3. The third kappa shape index (κ3) is 2.47. The number of methoxy groups -OCH3 is 1. The first-order valence-electron chi connectivity index (χ1n) is 7.06. The second-order valence-corrected chi connectivity index (χ2v) is 5.98. The molecule has 2 atom stereocenters. The Labute approximate surface area is 119 Å². The zero-order valence-corrected chi connectivity index (χ0v) is 12.1. The highest BCUT2D eigenvalue weighted by Gasteiger charge is 2.41. The molecule has 0 radical (unpaired) electrons. The number of piperidine rings is 1. The second kappa shape index (κ2) is 5.31. The minimum atomic E-state index is 0.142. The Morgan fingerprint density at radius 2 is 2.11 bits per heavy atom. The van der Waals surface area contributed by atoms with Crippen molar-refractivity contribution in [2.75, 3.05) is 13.7 Å².